The van der Waals surface area contributed by atoms with Gasteiger partial charge >= 0.3 is 11.6 Å². The second-order valence-electron chi connectivity index (χ2n) is 8.20. The molecule has 0 fully saturated rings. The maximum absolute atomic E-state index is 13.0. The van der Waals surface area contributed by atoms with Gasteiger partial charge in [0.1, 0.15) is 21.7 Å². The van der Waals surface area contributed by atoms with Crippen LogP contribution in [0.15, 0.2) is 63.1 Å². The van der Waals surface area contributed by atoms with E-state index in [4.69, 9.17) is 9.15 Å². The maximum Gasteiger partial charge on any atom is 0.349 e. The zero-order valence-electron chi connectivity index (χ0n) is 18.7. The molecule has 2 aromatic heterocycles. The molecule has 0 spiro atoms. The number of esters is 1. The van der Waals surface area contributed by atoms with Crippen LogP contribution in [0.5, 0.6) is 0 Å². The molecule has 0 bridgehead atoms. The SMILES string of the molecule is CCOC(=O)c1c(-c2ccc3c(c2)CCCC3)csc1NC(=O)c1cc2ccccc2oc1=O. The molecule has 0 radical (unpaired) electrons. The molecule has 0 saturated carbocycles. The highest BCUT2D eigenvalue weighted by molar-refractivity contribution is 7.15. The van der Waals surface area contributed by atoms with E-state index in [-0.39, 0.29) is 12.2 Å². The van der Waals surface area contributed by atoms with Gasteiger partial charge in [-0.15, -0.1) is 11.3 Å². The first-order valence-corrected chi connectivity index (χ1v) is 12.2. The van der Waals surface area contributed by atoms with Gasteiger partial charge in [0.05, 0.1) is 6.61 Å². The van der Waals surface area contributed by atoms with Crippen molar-refractivity contribution >= 4 is 39.2 Å². The molecule has 0 unspecified atom stereocenters. The van der Waals surface area contributed by atoms with E-state index in [1.807, 2.05) is 11.4 Å². The summed E-state index contributed by atoms with van der Waals surface area (Å²) in [5.74, 6) is -1.15. The minimum absolute atomic E-state index is 0.128. The average molecular weight is 474 g/mol. The monoisotopic (exact) mass is 473 g/mol. The van der Waals surface area contributed by atoms with Crippen LogP contribution in [0.25, 0.3) is 22.1 Å². The minimum Gasteiger partial charge on any atom is -0.462 e. The van der Waals surface area contributed by atoms with Gasteiger partial charge in [0.2, 0.25) is 0 Å². The number of amides is 1. The number of benzene rings is 2. The number of nitrogens with one attached hydrogen (secondary N) is 1. The number of thiophene rings is 1. The number of hydrogen-bond acceptors (Lipinski definition) is 6. The Hall–Kier alpha value is -3.71. The van der Waals surface area contributed by atoms with Crippen LogP contribution in [0, 0.1) is 0 Å². The van der Waals surface area contributed by atoms with E-state index in [2.05, 4.69) is 17.4 Å². The molecule has 6 nitrogen and oxygen atoms in total. The molecule has 1 N–H and O–H groups in total. The summed E-state index contributed by atoms with van der Waals surface area (Å²) < 4.78 is 10.6. The number of carbonyl (C=O) groups excluding carboxylic acids is 2. The van der Waals surface area contributed by atoms with Crippen LogP contribution < -0.4 is 10.9 Å². The van der Waals surface area contributed by atoms with E-state index in [1.54, 1.807) is 31.2 Å². The number of para-hydroxylation sites is 1. The fourth-order valence-corrected chi connectivity index (χ4v) is 5.31. The summed E-state index contributed by atoms with van der Waals surface area (Å²) in [4.78, 5) is 38.4. The zero-order chi connectivity index (χ0) is 23.7. The van der Waals surface area contributed by atoms with Gasteiger partial charge < -0.3 is 14.5 Å². The zero-order valence-corrected chi connectivity index (χ0v) is 19.5. The highest BCUT2D eigenvalue weighted by Gasteiger charge is 2.25. The van der Waals surface area contributed by atoms with Crippen molar-refractivity contribution in [3.8, 4) is 11.1 Å². The van der Waals surface area contributed by atoms with Crippen molar-refractivity contribution in [2.45, 2.75) is 32.6 Å². The first-order chi connectivity index (χ1) is 16.5. The lowest BCUT2D eigenvalue weighted by molar-refractivity contribution is 0.0529. The van der Waals surface area contributed by atoms with Crippen molar-refractivity contribution in [3.05, 3.63) is 86.6 Å². The molecule has 1 aliphatic rings. The smallest absolute Gasteiger partial charge is 0.349 e. The van der Waals surface area contributed by atoms with Gasteiger partial charge in [-0.25, -0.2) is 9.59 Å². The molecular formula is C27H23NO5S. The van der Waals surface area contributed by atoms with E-state index in [0.29, 0.717) is 27.1 Å². The highest BCUT2D eigenvalue weighted by Crippen LogP contribution is 2.38. The van der Waals surface area contributed by atoms with Crippen molar-refractivity contribution in [3.63, 3.8) is 0 Å². The summed E-state index contributed by atoms with van der Waals surface area (Å²) in [6.07, 6.45) is 4.43. The molecule has 7 heteroatoms. The van der Waals surface area contributed by atoms with Crippen LogP contribution in [-0.2, 0) is 17.6 Å². The predicted octanol–water partition coefficient (Wildman–Crippen LogP) is 5.83. The largest absolute Gasteiger partial charge is 0.462 e. The quantitative estimate of drug-likeness (QED) is 0.291. The topological polar surface area (TPSA) is 85.6 Å². The van der Waals surface area contributed by atoms with Crippen molar-refractivity contribution < 1.29 is 18.7 Å². The molecule has 0 atom stereocenters. The lowest BCUT2D eigenvalue weighted by Crippen LogP contribution is -2.21. The van der Waals surface area contributed by atoms with Crippen LogP contribution >= 0.6 is 11.3 Å². The molecule has 4 aromatic rings. The standard InChI is InChI=1S/C27H23NO5S/c1-2-32-27(31)23-21(18-12-11-16-7-3-4-8-17(16)13-18)15-34-25(23)28-24(29)20-14-19-9-5-6-10-22(19)33-26(20)30/h5-6,9-15H,2-4,7-8H2,1H3,(H,28,29). The second-order valence-corrected chi connectivity index (χ2v) is 9.08. The Balaban J connectivity index is 1.53. The lowest BCUT2D eigenvalue weighted by atomic mass is 9.89. The maximum atomic E-state index is 13.0. The second kappa shape index (κ2) is 9.27. The van der Waals surface area contributed by atoms with Crippen LogP contribution in [0.4, 0.5) is 5.00 Å². The molecule has 2 heterocycles. The van der Waals surface area contributed by atoms with Crippen molar-refractivity contribution in [1.29, 1.82) is 0 Å². The third kappa shape index (κ3) is 4.15. The number of aryl methyl sites for hydroxylation is 2. The fourth-order valence-electron chi connectivity index (χ4n) is 4.36. The van der Waals surface area contributed by atoms with Gasteiger partial charge in [0.25, 0.3) is 5.91 Å². The molecule has 172 valence electrons. The molecule has 34 heavy (non-hydrogen) atoms. The van der Waals surface area contributed by atoms with Crippen molar-refractivity contribution in [2.24, 2.45) is 0 Å². The minimum atomic E-state index is -0.736. The summed E-state index contributed by atoms with van der Waals surface area (Å²) >= 11 is 1.23. The van der Waals surface area contributed by atoms with E-state index >= 15 is 0 Å². The summed E-state index contributed by atoms with van der Waals surface area (Å²) in [6, 6.07) is 14.7. The molecule has 1 amide bonds. The Morgan fingerprint density at radius 2 is 1.85 bits per heavy atom. The average Bonchev–Trinajstić information content (AvgIpc) is 3.27. The van der Waals surface area contributed by atoms with Crippen LogP contribution in [-0.4, -0.2) is 18.5 Å². The van der Waals surface area contributed by atoms with Gasteiger partial charge in [-0.1, -0.05) is 36.4 Å². The Morgan fingerprint density at radius 1 is 1.06 bits per heavy atom. The number of fused-ring (bicyclic) bond motifs is 2. The first-order valence-electron chi connectivity index (χ1n) is 11.3. The number of ether oxygens (including phenoxy) is 1. The Labute approximate surface area is 200 Å². The summed E-state index contributed by atoms with van der Waals surface area (Å²) in [5.41, 5.74) is 4.09. The third-order valence-electron chi connectivity index (χ3n) is 6.04. The molecular weight excluding hydrogens is 450 g/mol. The summed E-state index contributed by atoms with van der Waals surface area (Å²) in [7, 11) is 0. The van der Waals surface area contributed by atoms with E-state index < -0.39 is 17.5 Å². The van der Waals surface area contributed by atoms with Crippen molar-refractivity contribution in [1.82, 2.24) is 0 Å². The van der Waals surface area contributed by atoms with Crippen LogP contribution in [0.1, 0.15) is 51.6 Å². The van der Waals surface area contributed by atoms with Crippen molar-refractivity contribution in [2.75, 3.05) is 11.9 Å². The number of carbonyl (C=O) groups is 2. The number of rotatable bonds is 5. The number of hydrogen-bond donors (Lipinski definition) is 1. The summed E-state index contributed by atoms with van der Waals surface area (Å²) in [5, 5.41) is 5.56. The normalized spacial score (nSPS) is 12.9. The van der Waals surface area contributed by atoms with E-state index in [9.17, 15) is 14.4 Å². The van der Waals surface area contributed by atoms with E-state index in [1.165, 1.54) is 35.0 Å². The lowest BCUT2D eigenvalue weighted by Gasteiger charge is -2.17. The molecule has 0 aliphatic heterocycles. The van der Waals surface area contributed by atoms with E-state index in [0.717, 1.165) is 24.8 Å². The van der Waals surface area contributed by atoms with Gasteiger partial charge in [-0.05, 0) is 61.4 Å². The fraction of sp³-hybridized carbons (Fsp3) is 0.222. The molecule has 0 saturated heterocycles. The predicted molar refractivity (Wildman–Crippen MR) is 133 cm³/mol. The summed E-state index contributed by atoms with van der Waals surface area (Å²) in [6.45, 7) is 1.95. The molecule has 5 rings (SSSR count). The first kappa shape index (κ1) is 22.1. The van der Waals surface area contributed by atoms with Gasteiger partial charge in [-0.2, -0.15) is 0 Å². The van der Waals surface area contributed by atoms with Gasteiger partial charge in [-0.3, -0.25) is 4.79 Å². The Morgan fingerprint density at radius 3 is 2.68 bits per heavy atom. The highest BCUT2D eigenvalue weighted by atomic mass is 32.1. The molecule has 1 aliphatic carbocycles. The third-order valence-corrected chi connectivity index (χ3v) is 6.94. The van der Waals surface area contributed by atoms with Crippen LogP contribution in [0.3, 0.4) is 0 Å². The van der Waals surface area contributed by atoms with Gasteiger partial charge in [0, 0.05) is 16.3 Å². The van der Waals surface area contributed by atoms with Gasteiger partial charge in [0.15, 0.2) is 0 Å². The Bertz CT molecular complexity index is 1470. The van der Waals surface area contributed by atoms with Crippen LogP contribution in [0.2, 0.25) is 0 Å². The number of anilines is 1. The Kier molecular flexibility index (Phi) is 6.02. The molecule has 2 aromatic carbocycles.